The average molecular weight is 228 g/mol. The van der Waals surface area contributed by atoms with E-state index in [0.29, 0.717) is 0 Å². The summed E-state index contributed by atoms with van der Waals surface area (Å²) in [4.78, 5) is 24.4. The van der Waals surface area contributed by atoms with E-state index in [9.17, 15) is 9.59 Å². The molecule has 92 valence electrons. The van der Waals surface area contributed by atoms with E-state index >= 15 is 0 Å². The van der Waals surface area contributed by atoms with Crippen molar-refractivity contribution >= 4 is 11.9 Å². The Kier molecular flexibility index (Phi) is 4.73. The first-order valence-corrected chi connectivity index (χ1v) is 5.69. The van der Waals surface area contributed by atoms with E-state index in [1.54, 1.807) is 6.92 Å². The molecule has 5 heteroatoms. The van der Waals surface area contributed by atoms with Gasteiger partial charge in [0.2, 0.25) is 5.91 Å². The lowest BCUT2D eigenvalue weighted by Crippen LogP contribution is -2.44. The zero-order valence-corrected chi connectivity index (χ0v) is 9.90. The van der Waals surface area contributed by atoms with Gasteiger partial charge in [0.25, 0.3) is 0 Å². The Labute approximate surface area is 95.8 Å². The normalized spacial score (nSPS) is 23.8. The highest BCUT2D eigenvalue weighted by Gasteiger charge is 2.25. The van der Waals surface area contributed by atoms with Crippen LogP contribution in [0.3, 0.4) is 0 Å². The van der Waals surface area contributed by atoms with Crippen molar-refractivity contribution in [2.24, 2.45) is 5.92 Å². The van der Waals surface area contributed by atoms with E-state index < -0.39 is 5.97 Å². The number of hydrogen-bond donors (Lipinski definition) is 2. The molecule has 0 spiro atoms. The number of likely N-dealkylation sites (tertiary alicyclic amines) is 1. The minimum Gasteiger partial charge on any atom is -0.481 e. The largest absolute Gasteiger partial charge is 0.481 e. The summed E-state index contributed by atoms with van der Waals surface area (Å²) in [5.74, 6) is -0.885. The lowest BCUT2D eigenvalue weighted by Gasteiger charge is -2.29. The third kappa shape index (κ3) is 4.18. The highest BCUT2D eigenvalue weighted by Crippen LogP contribution is 2.15. The molecule has 1 amide bonds. The Hall–Kier alpha value is -1.10. The van der Waals surface area contributed by atoms with E-state index in [2.05, 4.69) is 10.2 Å². The second kappa shape index (κ2) is 5.84. The summed E-state index contributed by atoms with van der Waals surface area (Å²) in [5, 5.41) is 11.3. The van der Waals surface area contributed by atoms with Crippen molar-refractivity contribution in [2.45, 2.75) is 32.2 Å². The lowest BCUT2D eigenvalue weighted by atomic mass is 9.97. The molecule has 2 atom stereocenters. The number of nitrogens with zero attached hydrogens (tertiary/aromatic N) is 1. The summed E-state index contributed by atoms with van der Waals surface area (Å²) in [5.41, 5.74) is 0. The molecule has 16 heavy (non-hydrogen) atoms. The van der Waals surface area contributed by atoms with Gasteiger partial charge in [0, 0.05) is 12.6 Å². The number of amides is 1. The van der Waals surface area contributed by atoms with Crippen molar-refractivity contribution in [3.63, 3.8) is 0 Å². The van der Waals surface area contributed by atoms with Crippen LogP contribution >= 0.6 is 0 Å². The number of carbonyl (C=O) groups excluding carboxylic acids is 1. The van der Waals surface area contributed by atoms with E-state index in [-0.39, 0.29) is 24.3 Å². The van der Waals surface area contributed by atoms with Crippen molar-refractivity contribution < 1.29 is 14.7 Å². The number of carboxylic acids is 1. The number of nitrogens with one attached hydrogen (secondary N) is 1. The number of piperidine rings is 1. The molecule has 1 fully saturated rings. The monoisotopic (exact) mass is 228 g/mol. The van der Waals surface area contributed by atoms with Crippen molar-refractivity contribution in [3.05, 3.63) is 0 Å². The van der Waals surface area contributed by atoms with Crippen molar-refractivity contribution in [1.82, 2.24) is 10.2 Å². The van der Waals surface area contributed by atoms with Crippen LogP contribution in [0, 0.1) is 5.92 Å². The second-order valence-corrected chi connectivity index (χ2v) is 4.61. The molecule has 1 heterocycles. The van der Waals surface area contributed by atoms with Crippen molar-refractivity contribution in [2.75, 3.05) is 20.1 Å². The zero-order chi connectivity index (χ0) is 12.1. The zero-order valence-electron chi connectivity index (χ0n) is 9.90. The third-order valence-corrected chi connectivity index (χ3v) is 2.86. The third-order valence-electron chi connectivity index (χ3n) is 2.86. The standard InChI is InChI=1S/C11H20N2O3/c1-8(6-10(14)15)12-11(16)9-4-3-5-13(2)7-9/h8-9H,3-7H2,1-2H3,(H,12,16)(H,14,15). The van der Waals surface area contributed by atoms with Crippen molar-refractivity contribution in [1.29, 1.82) is 0 Å². The molecule has 0 bridgehead atoms. The highest BCUT2D eigenvalue weighted by atomic mass is 16.4. The van der Waals surface area contributed by atoms with E-state index in [4.69, 9.17) is 5.11 Å². The molecule has 0 aromatic carbocycles. The van der Waals surface area contributed by atoms with Crippen LogP contribution in [-0.2, 0) is 9.59 Å². The first kappa shape index (κ1) is 13.0. The van der Waals surface area contributed by atoms with Crippen LogP contribution in [0.4, 0.5) is 0 Å². The van der Waals surface area contributed by atoms with Gasteiger partial charge in [-0.25, -0.2) is 0 Å². The first-order valence-electron chi connectivity index (χ1n) is 5.69. The number of aliphatic carboxylic acids is 1. The van der Waals surface area contributed by atoms with Crippen LogP contribution in [0.5, 0.6) is 0 Å². The minimum atomic E-state index is -0.881. The smallest absolute Gasteiger partial charge is 0.305 e. The molecule has 5 nitrogen and oxygen atoms in total. The molecule has 1 aliphatic rings. The predicted octanol–water partition coefficient (Wildman–Crippen LogP) is 0.308. The molecule has 1 aliphatic heterocycles. The maximum absolute atomic E-state index is 11.8. The topological polar surface area (TPSA) is 69.6 Å². The summed E-state index contributed by atoms with van der Waals surface area (Å²) in [6.07, 6.45) is 1.91. The second-order valence-electron chi connectivity index (χ2n) is 4.61. The molecule has 0 aliphatic carbocycles. The van der Waals surface area contributed by atoms with Gasteiger partial charge in [-0.05, 0) is 33.4 Å². The number of carbonyl (C=O) groups is 2. The van der Waals surface area contributed by atoms with Crippen LogP contribution in [0.25, 0.3) is 0 Å². The fourth-order valence-corrected chi connectivity index (χ4v) is 2.05. The summed E-state index contributed by atoms with van der Waals surface area (Å²) < 4.78 is 0. The minimum absolute atomic E-state index is 0.00925. The first-order chi connectivity index (χ1) is 7.49. The highest BCUT2D eigenvalue weighted by molar-refractivity contribution is 5.80. The lowest BCUT2D eigenvalue weighted by molar-refractivity contribution is -0.137. The van der Waals surface area contributed by atoms with E-state index in [0.717, 1.165) is 25.9 Å². The van der Waals surface area contributed by atoms with Gasteiger partial charge in [-0.1, -0.05) is 0 Å². The Morgan fingerprint density at radius 3 is 2.81 bits per heavy atom. The molecule has 1 rings (SSSR count). The fraction of sp³-hybridized carbons (Fsp3) is 0.818. The van der Waals surface area contributed by atoms with Gasteiger partial charge in [-0.3, -0.25) is 9.59 Å². The quantitative estimate of drug-likeness (QED) is 0.726. The Bertz CT molecular complexity index is 268. The summed E-state index contributed by atoms with van der Waals surface area (Å²) >= 11 is 0. The van der Waals surface area contributed by atoms with E-state index in [1.165, 1.54) is 0 Å². The average Bonchev–Trinajstić information content (AvgIpc) is 2.16. The van der Waals surface area contributed by atoms with Crippen LogP contribution < -0.4 is 5.32 Å². The fourth-order valence-electron chi connectivity index (χ4n) is 2.05. The number of carboxylic acid groups (broad SMARTS) is 1. The molecule has 0 aromatic rings. The SMILES string of the molecule is CC(CC(=O)O)NC(=O)C1CCCN(C)C1. The molecule has 1 saturated heterocycles. The maximum atomic E-state index is 11.8. The van der Waals surface area contributed by atoms with Gasteiger partial charge in [0.1, 0.15) is 0 Å². The van der Waals surface area contributed by atoms with Crippen LogP contribution in [0.1, 0.15) is 26.2 Å². The number of rotatable bonds is 4. The molecule has 2 N–H and O–H groups in total. The molecule has 2 unspecified atom stereocenters. The molecule has 0 radical (unpaired) electrons. The van der Waals surface area contributed by atoms with Gasteiger partial charge in [-0.2, -0.15) is 0 Å². The van der Waals surface area contributed by atoms with Crippen LogP contribution in [0.2, 0.25) is 0 Å². The molecular weight excluding hydrogens is 208 g/mol. The van der Waals surface area contributed by atoms with Gasteiger partial charge < -0.3 is 15.3 Å². The van der Waals surface area contributed by atoms with Crippen LogP contribution in [-0.4, -0.2) is 48.1 Å². The maximum Gasteiger partial charge on any atom is 0.305 e. The Balaban J connectivity index is 2.36. The van der Waals surface area contributed by atoms with E-state index in [1.807, 2.05) is 7.05 Å². The Morgan fingerprint density at radius 1 is 1.56 bits per heavy atom. The Morgan fingerprint density at radius 2 is 2.25 bits per heavy atom. The van der Waals surface area contributed by atoms with Gasteiger partial charge in [0.05, 0.1) is 12.3 Å². The summed E-state index contributed by atoms with van der Waals surface area (Å²) in [6.45, 7) is 3.53. The molecule has 0 aromatic heterocycles. The molecule has 0 saturated carbocycles. The van der Waals surface area contributed by atoms with Gasteiger partial charge >= 0.3 is 5.97 Å². The predicted molar refractivity (Wildman–Crippen MR) is 60.1 cm³/mol. The van der Waals surface area contributed by atoms with Gasteiger partial charge in [-0.15, -0.1) is 0 Å². The van der Waals surface area contributed by atoms with Gasteiger partial charge in [0.15, 0.2) is 0 Å². The summed E-state index contributed by atoms with van der Waals surface area (Å²) in [7, 11) is 2.00. The summed E-state index contributed by atoms with van der Waals surface area (Å²) in [6, 6.07) is -0.294. The van der Waals surface area contributed by atoms with Crippen molar-refractivity contribution in [3.8, 4) is 0 Å². The van der Waals surface area contributed by atoms with Crippen LogP contribution in [0.15, 0.2) is 0 Å². The molecular formula is C11H20N2O3. The number of hydrogen-bond acceptors (Lipinski definition) is 3.